The molecular formula is C12H17N3O3. The zero-order chi connectivity index (χ0) is 13.9. The lowest BCUT2D eigenvalue weighted by Crippen LogP contribution is -2.30. The van der Waals surface area contributed by atoms with Crippen LogP contribution in [0.3, 0.4) is 0 Å². The molecule has 0 heterocycles. The van der Waals surface area contributed by atoms with Gasteiger partial charge in [-0.25, -0.2) is 0 Å². The Morgan fingerprint density at radius 2 is 2.11 bits per heavy atom. The van der Waals surface area contributed by atoms with E-state index in [4.69, 9.17) is 5.73 Å². The molecule has 0 saturated carbocycles. The van der Waals surface area contributed by atoms with Gasteiger partial charge in [0.1, 0.15) is 5.69 Å². The number of amides is 1. The predicted molar refractivity (Wildman–Crippen MR) is 69.3 cm³/mol. The first kappa shape index (κ1) is 14.0. The van der Waals surface area contributed by atoms with E-state index in [1.54, 1.807) is 7.05 Å². The summed E-state index contributed by atoms with van der Waals surface area (Å²) in [4.78, 5) is 23.8. The second-order valence-electron chi connectivity index (χ2n) is 4.58. The van der Waals surface area contributed by atoms with E-state index in [0.717, 1.165) is 0 Å². The third-order valence-electron chi connectivity index (χ3n) is 2.50. The van der Waals surface area contributed by atoms with Crippen LogP contribution in [0.15, 0.2) is 18.2 Å². The zero-order valence-electron chi connectivity index (χ0n) is 10.7. The van der Waals surface area contributed by atoms with Crippen molar-refractivity contribution in [2.24, 2.45) is 5.92 Å². The first-order chi connectivity index (χ1) is 8.34. The van der Waals surface area contributed by atoms with Crippen molar-refractivity contribution >= 4 is 17.3 Å². The van der Waals surface area contributed by atoms with E-state index in [1.165, 1.54) is 23.1 Å². The van der Waals surface area contributed by atoms with E-state index < -0.39 is 4.92 Å². The number of carbonyl (C=O) groups excluding carboxylic acids is 1. The fourth-order valence-electron chi connectivity index (χ4n) is 1.73. The van der Waals surface area contributed by atoms with Crippen LogP contribution in [0.5, 0.6) is 0 Å². The van der Waals surface area contributed by atoms with Gasteiger partial charge in [0, 0.05) is 19.7 Å². The van der Waals surface area contributed by atoms with Gasteiger partial charge in [-0.15, -0.1) is 0 Å². The smallest absolute Gasteiger partial charge is 0.292 e. The highest BCUT2D eigenvalue weighted by Gasteiger charge is 2.21. The molecule has 0 aliphatic rings. The number of para-hydroxylation sites is 1. The third-order valence-corrected chi connectivity index (χ3v) is 2.50. The summed E-state index contributed by atoms with van der Waals surface area (Å²) in [5.74, 6) is 0.0174. The standard InChI is InChI=1S/C12H17N3O3/c1-8(2)7-14(3)12(16)9-5-4-6-10(11(9)13)15(17)18/h4-6,8H,7,13H2,1-3H3. The molecule has 1 aromatic carbocycles. The number of nitrogens with two attached hydrogens (primary N) is 1. The lowest BCUT2D eigenvalue weighted by Gasteiger charge is -2.20. The molecule has 0 radical (unpaired) electrons. The van der Waals surface area contributed by atoms with Gasteiger partial charge >= 0.3 is 0 Å². The monoisotopic (exact) mass is 251 g/mol. The first-order valence-electron chi connectivity index (χ1n) is 5.63. The largest absolute Gasteiger partial charge is 0.393 e. The summed E-state index contributed by atoms with van der Waals surface area (Å²) >= 11 is 0. The van der Waals surface area contributed by atoms with E-state index in [-0.39, 0.29) is 22.8 Å². The molecule has 6 heteroatoms. The van der Waals surface area contributed by atoms with Gasteiger partial charge < -0.3 is 10.6 Å². The van der Waals surface area contributed by atoms with Crippen LogP contribution in [0.4, 0.5) is 11.4 Å². The van der Waals surface area contributed by atoms with Crippen molar-refractivity contribution in [3.05, 3.63) is 33.9 Å². The summed E-state index contributed by atoms with van der Waals surface area (Å²) in [5.41, 5.74) is 5.52. The molecule has 6 nitrogen and oxygen atoms in total. The van der Waals surface area contributed by atoms with Gasteiger partial charge in [-0.2, -0.15) is 0 Å². The van der Waals surface area contributed by atoms with Crippen LogP contribution >= 0.6 is 0 Å². The van der Waals surface area contributed by atoms with Crippen LogP contribution in [-0.2, 0) is 0 Å². The van der Waals surface area contributed by atoms with Gasteiger partial charge in [0.15, 0.2) is 0 Å². The fraction of sp³-hybridized carbons (Fsp3) is 0.417. The van der Waals surface area contributed by atoms with Crippen molar-refractivity contribution in [2.75, 3.05) is 19.3 Å². The van der Waals surface area contributed by atoms with Gasteiger partial charge in [-0.3, -0.25) is 14.9 Å². The Kier molecular flexibility index (Phi) is 4.25. The average Bonchev–Trinajstić information content (AvgIpc) is 2.27. The summed E-state index contributed by atoms with van der Waals surface area (Å²) in [6.07, 6.45) is 0. The maximum absolute atomic E-state index is 12.1. The lowest BCUT2D eigenvalue weighted by molar-refractivity contribution is -0.383. The highest BCUT2D eigenvalue weighted by atomic mass is 16.6. The number of nitro benzene ring substituents is 1. The Morgan fingerprint density at radius 1 is 1.50 bits per heavy atom. The van der Waals surface area contributed by atoms with Gasteiger partial charge in [-0.1, -0.05) is 19.9 Å². The second kappa shape index (κ2) is 5.48. The first-order valence-corrected chi connectivity index (χ1v) is 5.63. The Labute approximate surface area is 106 Å². The molecule has 98 valence electrons. The van der Waals surface area contributed by atoms with E-state index in [2.05, 4.69) is 0 Å². The molecule has 0 unspecified atom stereocenters. The minimum Gasteiger partial charge on any atom is -0.393 e. The maximum atomic E-state index is 12.1. The minimum atomic E-state index is -0.589. The molecule has 1 amide bonds. The van der Waals surface area contributed by atoms with E-state index in [9.17, 15) is 14.9 Å². The van der Waals surface area contributed by atoms with E-state index in [0.29, 0.717) is 12.5 Å². The number of anilines is 1. The van der Waals surface area contributed by atoms with Crippen LogP contribution < -0.4 is 5.73 Å². The zero-order valence-corrected chi connectivity index (χ0v) is 10.7. The minimum absolute atomic E-state index is 0.0805. The number of nitrogen functional groups attached to an aromatic ring is 1. The highest BCUT2D eigenvalue weighted by Crippen LogP contribution is 2.25. The van der Waals surface area contributed by atoms with Crippen LogP contribution in [0.25, 0.3) is 0 Å². The number of nitro groups is 1. The van der Waals surface area contributed by atoms with E-state index >= 15 is 0 Å². The summed E-state index contributed by atoms with van der Waals surface area (Å²) in [6.45, 7) is 4.54. The molecule has 1 rings (SSSR count). The van der Waals surface area contributed by atoms with Crippen molar-refractivity contribution in [3.63, 3.8) is 0 Å². The number of hydrogen-bond donors (Lipinski definition) is 1. The van der Waals surface area contributed by atoms with Gasteiger partial charge in [0.2, 0.25) is 0 Å². The van der Waals surface area contributed by atoms with Crippen LogP contribution in [0.2, 0.25) is 0 Å². The van der Waals surface area contributed by atoms with Crippen molar-refractivity contribution < 1.29 is 9.72 Å². The van der Waals surface area contributed by atoms with Gasteiger partial charge in [-0.05, 0) is 12.0 Å². The van der Waals surface area contributed by atoms with Crippen molar-refractivity contribution in [1.82, 2.24) is 4.90 Å². The Morgan fingerprint density at radius 3 is 2.61 bits per heavy atom. The predicted octanol–water partition coefficient (Wildman–Crippen LogP) is 1.91. The molecule has 18 heavy (non-hydrogen) atoms. The topological polar surface area (TPSA) is 89.5 Å². The van der Waals surface area contributed by atoms with Crippen LogP contribution in [0, 0.1) is 16.0 Å². The SMILES string of the molecule is CC(C)CN(C)C(=O)c1cccc([N+](=O)[O-])c1N. The quantitative estimate of drug-likeness (QED) is 0.502. The Balaban J connectivity index is 3.07. The van der Waals surface area contributed by atoms with Crippen LogP contribution in [-0.4, -0.2) is 29.3 Å². The summed E-state index contributed by atoms with van der Waals surface area (Å²) in [7, 11) is 1.65. The third kappa shape index (κ3) is 2.97. The molecular weight excluding hydrogens is 234 g/mol. The molecule has 0 aromatic heterocycles. The van der Waals surface area contributed by atoms with Crippen molar-refractivity contribution in [1.29, 1.82) is 0 Å². The molecule has 0 bridgehead atoms. The van der Waals surface area contributed by atoms with Crippen molar-refractivity contribution in [3.8, 4) is 0 Å². The normalized spacial score (nSPS) is 10.4. The lowest BCUT2D eigenvalue weighted by atomic mass is 10.1. The summed E-state index contributed by atoms with van der Waals surface area (Å²) in [6, 6.07) is 4.25. The summed E-state index contributed by atoms with van der Waals surface area (Å²) < 4.78 is 0. The molecule has 0 spiro atoms. The van der Waals surface area contributed by atoms with E-state index in [1.807, 2.05) is 13.8 Å². The molecule has 0 aliphatic heterocycles. The molecule has 0 saturated heterocycles. The average molecular weight is 251 g/mol. The molecule has 1 aromatic rings. The number of rotatable bonds is 4. The number of nitrogens with zero attached hydrogens (tertiary/aromatic N) is 2. The maximum Gasteiger partial charge on any atom is 0.292 e. The van der Waals surface area contributed by atoms with Gasteiger partial charge in [0.05, 0.1) is 10.5 Å². The Bertz CT molecular complexity index is 472. The molecule has 0 atom stereocenters. The Hall–Kier alpha value is -2.11. The van der Waals surface area contributed by atoms with Crippen LogP contribution in [0.1, 0.15) is 24.2 Å². The molecule has 0 fully saturated rings. The summed E-state index contributed by atoms with van der Waals surface area (Å²) in [5, 5.41) is 10.7. The molecule has 2 N–H and O–H groups in total. The number of benzene rings is 1. The van der Waals surface area contributed by atoms with Crippen molar-refractivity contribution in [2.45, 2.75) is 13.8 Å². The highest BCUT2D eigenvalue weighted by molar-refractivity contribution is 6.00. The number of hydrogen-bond acceptors (Lipinski definition) is 4. The molecule has 0 aliphatic carbocycles. The van der Waals surface area contributed by atoms with Gasteiger partial charge in [0.25, 0.3) is 11.6 Å². The number of carbonyl (C=O) groups is 1. The second-order valence-corrected chi connectivity index (χ2v) is 4.58. The fourth-order valence-corrected chi connectivity index (χ4v) is 1.73.